The molecule has 0 radical (unpaired) electrons. The number of hydrogen-bond acceptors (Lipinski definition) is 3. The Morgan fingerprint density at radius 3 is 2.77 bits per heavy atom. The Bertz CT molecular complexity index is 245. The van der Waals surface area contributed by atoms with E-state index < -0.39 is 11.7 Å². The van der Waals surface area contributed by atoms with Crippen LogP contribution in [0.15, 0.2) is 0 Å². The van der Waals surface area contributed by atoms with Gasteiger partial charge in [-0.25, -0.2) is 0 Å². The van der Waals surface area contributed by atoms with Crippen LogP contribution in [0, 0.1) is 17.8 Å². The van der Waals surface area contributed by atoms with Crippen molar-refractivity contribution < 1.29 is 10.2 Å². The Balaban J connectivity index is 1.99. The Morgan fingerprint density at radius 2 is 2.00 bits per heavy atom. The van der Waals surface area contributed by atoms with E-state index in [9.17, 15) is 10.2 Å². The average Bonchev–Trinajstić information content (AvgIpc) is 2.07. The van der Waals surface area contributed by atoms with E-state index in [-0.39, 0.29) is 12.0 Å². The van der Waals surface area contributed by atoms with Gasteiger partial charge in [-0.1, -0.05) is 0 Å². The third-order valence-corrected chi connectivity index (χ3v) is 4.49. The molecular weight excluding hydrogens is 166 g/mol. The topological polar surface area (TPSA) is 66.5 Å². The summed E-state index contributed by atoms with van der Waals surface area (Å²) in [4.78, 5) is 0. The molecule has 0 amide bonds. The highest BCUT2D eigenvalue weighted by Gasteiger charge is 2.59. The van der Waals surface area contributed by atoms with Crippen molar-refractivity contribution in [1.82, 2.24) is 0 Å². The molecule has 6 unspecified atom stereocenters. The Hall–Kier alpha value is -0.120. The second-order valence-electron chi connectivity index (χ2n) is 5.30. The second-order valence-corrected chi connectivity index (χ2v) is 5.30. The first-order valence-corrected chi connectivity index (χ1v) is 5.26. The molecule has 0 aliphatic heterocycles. The predicted octanol–water partition coefficient (Wildman–Crippen LogP) is -0.145. The Labute approximate surface area is 77.9 Å². The van der Waals surface area contributed by atoms with Crippen molar-refractivity contribution >= 4 is 0 Å². The molecule has 4 N–H and O–H groups in total. The normalized spacial score (nSPS) is 64.4. The van der Waals surface area contributed by atoms with Crippen molar-refractivity contribution in [2.24, 2.45) is 23.5 Å². The van der Waals surface area contributed by atoms with Gasteiger partial charge in [0.1, 0.15) is 0 Å². The molecule has 0 heterocycles. The fourth-order valence-corrected chi connectivity index (χ4v) is 3.98. The average molecular weight is 183 g/mol. The van der Waals surface area contributed by atoms with E-state index in [1.807, 2.05) is 0 Å². The summed E-state index contributed by atoms with van der Waals surface area (Å²) >= 11 is 0. The first kappa shape index (κ1) is 8.21. The van der Waals surface area contributed by atoms with Gasteiger partial charge in [-0.2, -0.15) is 0 Å². The minimum atomic E-state index is -0.785. The summed E-state index contributed by atoms with van der Waals surface area (Å²) in [6, 6.07) is 0.131. The van der Waals surface area contributed by atoms with Crippen LogP contribution in [0.25, 0.3) is 0 Å². The molecule has 0 aromatic rings. The molecule has 4 fully saturated rings. The van der Waals surface area contributed by atoms with Gasteiger partial charge in [-0.05, 0) is 37.5 Å². The Kier molecular flexibility index (Phi) is 1.43. The summed E-state index contributed by atoms with van der Waals surface area (Å²) in [6.45, 7) is 0. The molecule has 4 aliphatic carbocycles. The van der Waals surface area contributed by atoms with Crippen molar-refractivity contribution in [1.29, 1.82) is 0 Å². The standard InChI is InChI=1S/C10H17NO2/c11-8-6-1-5-2-7(8)9(12)10(13,3-5)4-6/h5-9,12-13H,1-4,11H2. The van der Waals surface area contributed by atoms with Crippen LogP contribution in [-0.2, 0) is 0 Å². The minimum Gasteiger partial charge on any atom is -0.390 e. The van der Waals surface area contributed by atoms with E-state index in [1.165, 1.54) is 6.42 Å². The zero-order valence-corrected chi connectivity index (χ0v) is 7.69. The molecule has 6 atom stereocenters. The van der Waals surface area contributed by atoms with Crippen molar-refractivity contribution in [2.75, 3.05) is 0 Å². The van der Waals surface area contributed by atoms with E-state index in [4.69, 9.17) is 5.73 Å². The number of aliphatic hydroxyl groups excluding tert-OH is 1. The first-order chi connectivity index (χ1) is 6.10. The molecule has 0 aromatic heterocycles. The van der Waals surface area contributed by atoms with Crippen LogP contribution in [0.3, 0.4) is 0 Å². The maximum atomic E-state index is 10.2. The number of rotatable bonds is 0. The molecule has 4 saturated carbocycles. The van der Waals surface area contributed by atoms with Crippen LogP contribution >= 0.6 is 0 Å². The van der Waals surface area contributed by atoms with Gasteiger partial charge < -0.3 is 15.9 Å². The number of hydrogen-bond donors (Lipinski definition) is 3. The van der Waals surface area contributed by atoms with Gasteiger partial charge in [-0.3, -0.25) is 0 Å². The SMILES string of the molecule is NC1C2CC3CC1C(O)C(O)(C3)C2. The van der Waals surface area contributed by atoms with E-state index >= 15 is 0 Å². The smallest absolute Gasteiger partial charge is 0.0914 e. The quantitative estimate of drug-likeness (QED) is 0.489. The molecular formula is C10H17NO2. The van der Waals surface area contributed by atoms with Crippen molar-refractivity contribution in [3.8, 4) is 0 Å². The monoisotopic (exact) mass is 183 g/mol. The lowest BCUT2D eigenvalue weighted by molar-refractivity contribution is -0.210. The van der Waals surface area contributed by atoms with Gasteiger partial charge in [0.2, 0.25) is 0 Å². The number of aliphatic hydroxyl groups is 2. The van der Waals surface area contributed by atoms with E-state index in [2.05, 4.69) is 0 Å². The lowest BCUT2D eigenvalue weighted by Crippen LogP contribution is -2.67. The second kappa shape index (κ2) is 2.27. The van der Waals surface area contributed by atoms with Crippen LogP contribution < -0.4 is 5.73 Å². The molecule has 4 rings (SSSR count). The predicted molar refractivity (Wildman–Crippen MR) is 47.9 cm³/mol. The van der Waals surface area contributed by atoms with E-state index in [1.54, 1.807) is 0 Å². The maximum Gasteiger partial charge on any atom is 0.0914 e. The summed E-state index contributed by atoms with van der Waals surface area (Å²) in [7, 11) is 0. The van der Waals surface area contributed by atoms with Gasteiger partial charge in [0, 0.05) is 12.0 Å². The Morgan fingerprint density at radius 1 is 1.23 bits per heavy atom. The van der Waals surface area contributed by atoms with Crippen LogP contribution in [0.1, 0.15) is 25.7 Å². The third kappa shape index (κ3) is 0.901. The summed E-state index contributed by atoms with van der Waals surface area (Å²) in [5.74, 6) is 1.25. The van der Waals surface area contributed by atoms with Crippen molar-refractivity contribution in [3.05, 3.63) is 0 Å². The molecule has 0 saturated heterocycles. The number of nitrogens with two attached hydrogens (primary N) is 1. The minimum absolute atomic E-state index is 0.131. The van der Waals surface area contributed by atoms with Gasteiger partial charge in [0.15, 0.2) is 0 Å². The summed E-state index contributed by atoms with van der Waals surface area (Å²) < 4.78 is 0. The highest BCUT2D eigenvalue weighted by molar-refractivity contribution is 5.11. The summed E-state index contributed by atoms with van der Waals surface area (Å²) in [6.07, 6.45) is 3.17. The van der Waals surface area contributed by atoms with Gasteiger partial charge in [0.25, 0.3) is 0 Å². The zero-order valence-electron chi connectivity index (χ0n) is 7.69. The molecule has 0 aromatic carbocycles. The van der Waals surface area contributed by atoms with Gasteiger partial charge in [-0.15, -0.1) is 0 Å². The molecule has 3 nitrogen and oxygen atoms in total. The molecule has 3 heteroatoms. The zero-order chi connectivity index (χ0) is 9.22. The molecule has 0 spiro atoms. The van der Waals surface area contributed by atoms with Crippen molar-refractivity contribution in [3.63, 3.8) is 0 Å². The van der Waals surface area contributed by atoms with Crippen LogP contribution in [0.4, 0.5) is 0 Å². The van der Waals surface area contributed by atoms with E-state index in [0.29, 0.717) is 11.8 Å². The van der Waals surface area contributed by atoms with E-state index in [0.717, 1.165) is 19.3 Å². The highest BCUT2D eigenvalue weighted by Crippen LogP contribution is 2.55. The van der Waals surface area contributed by atoms with Crippen LogP contribution in [0.2, 0.25) is 0 Å². The molecule has 4 bridgehead atoms. The summed E-state index contributed by atoms with van der Waals surface area (Å²) in [5.41, 5.74) is 5.26. The first-order valence-electron chi connectivity index (χ1n) is 5.26. The van der Waals surface area contributed by atoms with Crippen LogP contribution in [-0.4, -0.2) is 28.0 Å². The largest absolute Gasteiger partial charge is 0.390 e. The maximum absolute atomic E-state index is 10.2. The van der Waals surface area contributed by atoms with Gasteiger partial charge in [0.05, 0.1) is 11.7 Å². The summed E-state index contributed by atoms with van der Waals surface area (Å²) in [5, 5.41) is 20.1. The lowest BCUT2D eigenvalue weighted by atomic mass is 9.51. The van der Waals surface area contributed by atoms with Crippen molar-refractivity contribution in [2.45, 2.75) is 43.4 Å². The molecule has 13 heavy (non-hydrogen) atoms. The fraction of sp³-hybridized carbons (Fsp3) is 1.00. The fourth-order valence-electron chi connectivity index (χ4n) is 3.98. The molecule has 4 aliphatic rings. The molecule has 74 valence electrons. The third-order valence-electron chi connectivity index (χ3n) is 4.49. The van der Waals surface area contributed by atoms with Crippen LogP contribution in [0.5, 0.6) is 0 Å². The lowest BCUT2D eigenvalue weighted by Gasteiger charge is -2.59. The van der Waals surface area contributed by atoms with Gasteiger partial charge >= 0.3 is 0 Å². The highest BCUT2D eigenvalue weighted by atomic mass is 16.3.